The Morgan fingerprint density at radius 2 is 2.67 bits per heavy atom. The summed E-state index contributed by atoms with van der Waals surface area (Å²) in [5, 5.41) is 4.16. The number of rotatable bonds is 2. The summed E-state index contributed by atoms with van der Waals surface area (Å²) in [6, 6.07) is 1.91. The van der Waals surface area contributed by atoms with E-state index in [-0.39, 0.29) is 0 Å². The van der Waals surface area contributed by atoms with Crippen LogP contribution < -0.4 is 5.43 Å². The van der Waals surface area contributed by atoms with Crippen molar-refractivity contribution in [3.63, 3.8) is 0 Å². The van der Waals surface area contributed by atoms with Crippen LogP contribution in [0.3, 0.4) is 0 Å². The van der Waals surface area contributed by atoms with E-state index in [0.29, 0.717) is 0 Å². The molecule has 4 heteroatoms. The van der Waals surface area contributed by atoms with Crippen molar-refractivity contribution in [3.8, 4) is 0 Å². The van der Waals surface area contributed by atoms with Crippen LogP contribution in [0.4, 0.5) is 0 Å². The van der Waals surface area contributed by atoms with Crippen LogP contribution in [-0.4, -0.2) is 23.9 Å². The lowest BCUT2D eigenvalue weighted by Gasteiger charge is -2.14. The number of hydrogen-bond donors (Lipinski definition) is 1. The molecule has 1 aromatic heterocycles. The van der Waals surface area contributed by atoms with Gasteiger partial charge in [0.2, 0.25) is 0 Å². The van der Waals surface area contributed by atoms with E-state index < -0.39 is 0 Å². The lowest BCUT2D eigenvalue weighted by atomic mass is 10.3. The molecule has 1 N–H and O–H groups in total. The van der Waals surface area contributed by atoms with E-state index in [1.807, 2.05) is 6.07 Å². The van der Waals surface area contributed by atoms with Gasteiger partial charge in [0.05, 0.1) is 11.8 Å². The van der Waals surface area contributed by atoms with Crippen LogP contribution >= 0.6 is 0 Å². The summed E-state index contributed by atoms with van der Waals surface area (Å²) >= 11 is 0. The second-order valence-electron chi connectivity index (χ2n) is 2.62. The zero-order valence-electron chi connectivity index (χ0n) is 6.95. The van der Waals surface area contributed by atoms with Gasteiger partial charge in [0, 0.05) is 6.54 Å². The molecule has 1 aliphatic rings. The molecule has 12 heavy (non-hydrogen) atoms. The highest BCUT2D eigenvalue weighted by atomic mass is 16.3. The number of nitrogens with one attached hydrogen (secondary N) is 1. The van der Waals surface area contributed by atoms with Crippen LogP contribution in [-0.2, 0) is 0 Å². The SMILES string of the molecule is CCN1CNN=C1c1ccoc1. The van der Waals surface area contributed by atoms with Gasteiger partial charge in [-0.2, -0.15) is 5.10 Å². The summed E-state index contributed by atoms with van der Waals surface area (Å²) in [5.74, 6) is 0.964. The fourth-order valence-corrected chi connectivity index (χ4v) is 1.24. The summed E-state index contributed by atoms with van der Waals surface area (Å²) in [6.45, 7) is 3.84. The molecular formula is C8H11N3O. The number of nitrogens with zero attached hydrogens (tertiary/aromatic N) is 2. The zero-order chi connectivity index (χ0) is 8.39. The molecule has 0 spiro atoms. The van der Waals surface area contributed by atoms with Gasteiger partial charge >= 0.3 is 0 Å². The van der Waals surface area contributed by atoms with E-state index in [4.69, 9.17) is 4.42 Å². The van der Waals surface area contributed by atoms with Gasteiger partial charge in [-0.1, -0.05) is 0 Å². The molecule has 4 nitrogen and oxygen atoms in total. The maximum atomic E-state index is 4.98. The van der Waals surface area contributed by atoms with Crippen LogP contribution in [0.1, 0.15) is 12.5 Å². The van der Waals surface area contributed by atoms with Crippen LogP contribution in [0.15, 0.2) is 28.1 Å². The molecule has 0 aromatic carbocycles. The molecule has 0 aliphatic carbocycles. The first kappa shape index (κ1) is 7.21. The summed E-state index contributed by atoms with van der Waals surface area (Å²) in [4.78, 5) is 2.14. The molecule has 2 heterocycles. The Labute approximate surface area is 70.9 Å². The van der Waals surface area contributed by atoms with Gasteiger partial charge in [0.25, 0.3) is 0 Å². The van der Waals surface area contributed by atoms with E-state index >= 15 is 0 Å². The Balaban J connectivity index is 2.23. The van der Waals surface area contributed by atoms with Crippen LogP contribution in [0, 0.1) is 0 Å². The molecule has 1 aromatic rings. The molecule has 0 saturated heterocycles. The van der Waals surface area contributed by atoms with Crippen LogP contribution in [0.25, 0.3) is 0 Å². The third kappa shape index (κ3) is 1.05. The number of hydrogen-bond acceptors (Lipinski definition) is 4. The Morgan fingerprint density at radius 3 is 3.33 bits per heavy atom. The second kappa shape index (κ2) is 2.89. The smallest absolute Gasteiger partial charge is 0.160 e. The van der Waals surface area contributed by atoms with Crippen LogP contribution in [0.5, 0.6) is 0 Å². The minimum absolute atomic E-state index is 0.789. The second-order valence-corrected chi connectivity index (χ2v) is 2.62. The fourth-order valence-electron chi connectivity index (χ4n) is 1.24. The highest BCUT2D eigenvalue weighted by Crippen LogP contribution is 2.08. The molecule has 0 atom stereocenters. The van der Waals surface area contributed by atoms with Gasteiger partial charge in [0.1, 0.15) is 12.9 Å². The van der Waals surface area contributed by atoms with E-state index in [0.717, 1.165) is 24.6 Å². The molecule has 0 saturated carbocycles. The van der Waals surface area contributed by atoms with Gasteiger partial charge in [-0.15, -0.1) is 0 Å². The summed E-state index contributed by atoms with van der Waals surface area (Å²) < 4.78 is 4.98. The molecule has 0 bridgehead atoms. The average Bonchev–Trinajstić information content (AvgIpc) is 2.74. The average molecular weight is 165 g/mol. The molecule has 1 aliphatic heterocycles. The Bertz CT molecular complexity index is 279. The normalized spacial score (nSPS) is 16.1. The lowest BCUT2D eigenvalue weighted by molar-refractivity contribution is 0.446. The van der Waals surface area contributed by atoms with Crippen molar-refractivity contribution in [2.24, 2.45) is 5.10 Å². The molecule has 64 valence electrons. The third-order valence-electron chi connectivity index (χ3n) is 1.91. The first-order valence-corrected chi connectivity index (χ1v) is 4.00. The van der Waals surface area contributed by atoms with E-state index in [9.17, 15) is 0 Å². The Hall–Kier alpha value is -1.45. The van der Waals surface area contributed by atoms with Gasteiger partial charge in [0.15, 0.2) is 5.84 Å². The summed E-state index contributed by atoms with van der Waals surface area (Å²) in [7, 11) is 0. The predicted molar refractivity (Wildman–Crippen MR) is 45.6 cm³/mol. The highest BCUT2D eigenvalue weighted by molar-refractivity contribution is 5.99. The topological polar surface area (TPSA) is 40.8 Å². The lowest BCUT2D eigenvalue weighted by Crippen LogP contribution is -2.29. The number of hydrazone groups is 1. The van der Waals surface area contributed by atoms with Crippen molar-refractivity contribution in [2.45, 2.75) is 6.92 Å². The van der Waals surface area contributed by atoms with Crippen molar-refractivity contribution in [2.75, 3.05) is 13.2 Å². The molecule has 0 radical (unpaired) electrons. The Kier molecular flexibility index (Phi) is 1.74. The highest BCUT2D eigenvalue weighted by Gasteiger charge is 2.17. The van der Waals surface area contributed by atoms with Crippen molar-refractivity contribution >= 4 is 5.84 Å². The minimum Gasteiger partial charge on any atom is -0.472 e. The van der Waals surface area contributed by atoms with Gasteiger partial charge in [-0.25, -0.2) is 0 Å². The first-order chi connectivity index (χ1) is 5.92. The quantitative estimate of drug-likeness (QED) is 0.705. The first-order valence-electron chi connectivity index (χ1n) is 4.00. The molecule has 0 unspecified atom stereocenters. The van der Waals surface area contributed by atoms with Gasteiger partial charge in [-0.05, 0) is 13.0 Å². The fraction of sp³-hybridized carbons (Fsp3) is 0.375. The molecular weight excluding hydrogens is 154 g/mol. The minimum atomic E-state index is 0.789. The number of amidine groups is 1. The molecule has 0 fully saturated rings. The van der Waals surface area contributed by atoms with Crippen molar-refractivity contribution in [1.82, 2.24) is 10.3 Å². The van der Waals surface area contributed by atoms with Crippen molar-refractivity contribution in [1.29, 1.82) is 0 Å². The van der Waals surface area contributed by atoms with Crippen LogP contribution in [0.2, 0.25) is 0 Å². The van der Waals surface area contributed by atoms with Gasteiger partial charge in [-0.3, -0.25) is 5.43 Å². The standard InChI is InChI=1S/C8H11N3O/c1-2-11-6-9-10-8(11)7-3-4-12-5-7/h3-5,9H,2,6H2,1H3. The summed E-state index contributed by atoms with van der Waals surface area (Å²) in [5.41, 5.74) is 3.96. The molecule has 0 amide bonds. The predicted octanol–water partition coefficient (Wildman–Crippen LogP) is 0.824. The van der Waals surface area contributed by atoms with E-state index in [1.165, 1.54) is 0 Å². The van der Waals surface area contributed by atoms with Gasteiger partial charge < -0.3 is 9.32 Å². The largest absolute Gasteiger partial charge is 0.472 e. The maximum Gasteiger partial charge on any atom is 0.160 e. The third-order valence-corrected chi connectivity index (χ3v) is 1.91. The van der Waals surface area contributed by atoms with E-state index in [1.54, 1.807) is 12.5 Å². The number of furan rings is 1. The van der Waals surface area contributed by atoms with E-state index in [2.05, 4.69) is 22.4 Å². The van der Waals surface area contributed by atoms with Crippen molar-refractivity contribution < 1.29 is 4.42 Å². The maximum absolute atomic E-state index is 4.98. The zero-order valence-corrected chi connectivity index (χ0v) is 6.95. The summed E-state index contributed by atoms with van der Waals surface area (Å²) in [6.07, 6.45) is 3.36. The van der Waals surface area contributed by atoms with Crippen molar-refractivity contribution in [3.05, 3.63) is 24.2 Å². The Morgan fingerprint density at radius 1 is 1.75 bits per heavy atom. The monoisotopic (exact) mass is 165 g/mol. The molecule has 2 rings (SSSR count).